The van der Waals surface area contributed by atoms with Gasteiger partial charge in [-0.15, -0.1) is 11.3 Å². The number of rotatable bonds is 4. The fourth-order valence-corrected chi connectivity index (χ4v) is 4.91. The van der Waals surface area contributed by atoms with Gasteiger partial charge in [0.25, 0.3) is 0 Å². The third kappa shape index (κ3) is 3.64. The second kappa shape index (κ2) is 7.28. The van der Waals surface area contributed by atoms with E-state index in [9.17, 15) is 4.79 Å². The van der Waals surface area contributed by atoms with Crippen LogP contribution in [-0.4, -0.2) is 47.9 Å². The molecule has 1 saturated heterocycles. The molecule has 4 nitrogen and oxygen atoms in total. The van der Waals surface area contributed by atoms with E-state index in [0.29, 0.717) is 12.3 Å². The molecular formula is C20H25N3OS. The Kier molecular flexibility index (Phi) is 4.88. The number of carbonyl (C=O) groups excluding carboxylic acids is 1. The second-order valence-corrected chi connectivity index (χ2v) is 8.13. The summed E-state index contributed by atoms with van der Waals surface area (Å²) in [6, 6.07) is 12.8. The van der Waals surface area contributed by atoms with Crippen LogP contribution in [0.15, 0.2) is 41.8 Å². The van der Waals surface area contributed by atoms with Crippen LogP contribution in [0.1, 0.15) is 28.3 Å². The number of fused-ring (bicyclic) bond motifs is 1. The van der Waals surface area contributed by atoms with Crippen molar-refractivity contribution in [1.29, 1.82) is 0 Å². The average molecular weight is 356 g/mol. The number of carbonyl (C=O) groups is 1. The molecule has 1 aromatic heterocycles. The Bertz CT molecular complexity index is 730. The first-order chi connectivity index (χ1) is 12.2. The molecule has 0 saturated carbocycles. The van der Waals surface area contributed by atoms with Crippen molar-refractivity contribution in [2.75, 3.05) is 26.2 Å². The number of likely N-dealkylation sites (tertiary alicyclic amines) is 1. The van der Waals surface area contributed by atoms with Crippen molar-refractivity contribution >= 4 is 17.2 Å². The maximum Gasteiger partial charge on any atom is 0.224 e. The van der Waals surface area contributed by atoms with Crippen molar-refractivity contribution in [3.8, 4) is 0 Å². The highest BCUT2D eigenvalue weighted by molar-refractivity contribution is 7.10. The lowest BCUT2D eigenvalue weighted by molar-refractivity contribution is -0.132. The lowest BCUT2D eigenvalue weighted by atomic mass is 9.95. The monoisotopic (exact) mass is 355 g/mol. The van der Waals surface area contributed by atoms with Crippen molar-refractivity contribution in [1.82, 2.24) is 9.80 Å². The van der Waals surface area contributed by atoms with E-state index in [4.69, 9.17) is 5.73 Å². The van der Waals surface area contributed by atoms with E-state index in [-0.39, 0.29) is 11.9 Å². The molecule has 25 heavy (non-hydrogen) atoms. The molecule has 2 N–H and O–H groups in total. The molecule has 0 unspecified atom stereocenters. The molecule has 2 aromatic rings. The number of benzene rings is 1. The number of nitrogens with zero attached hydrogens (tertiary/aromatic N) is 2. The topological polar surface area (TPSA) is 49.6 Å². The summed E-state index contributed by atoms with van der Waals surface area (Å²) in [5.74, 6) is 0.647. The highest BCUT2D eigenvalue weighted by Gasteiger charge is 2.31. The molecule has 1 aromatic carbocycles. The third-order valence-electron chi connectivity index (χ3n) is 5.47. The van der Waals surface area contributed by atoms with Crippen LogP contribution in [0.25, 0.3) is 0 Å². The lowest BCUT2D eigenvalue weighted by Gasteiger charge is -2.28. The smallest absolute Gasteiger partial charge is 0.224 e. The molecule has 3 heterocycles. The van der Waals surface area contributed by atoms with Crippen molar-refractivity contribution in [2.45, 2.75) is 31.3 Å². The van der Waals surface area contributed by atoms with Crippen molar-refractivity contribution in [3.63, 3.8) is 0 Å². The van der Waals surface area contributed by atoms with Gasteiger partial charge in [0.2, 0.25) is 5.91 Å². The molecule has 0 aliphatic carbocycles. The zero-order chi connectivity index (χ0) is 17.2. The van der Waals surface area contributed by atoms with Gasteiger partial charge in [-0.1, -0.05) is 30.3 Å². The summed E-state index contributed by atoms with van der Waals surface area (Å²) in [5.41, 5.74) is 9.00. The Hall–Kier alpha value is -1.69. The van der Waals surface area contributed by atoms with Gasteiger partial charge in [0, 0.05) is 56.0 Å². The van der Waals surface area contributed by atoms with Crippen LogP contribution in [-0.2, 0) is 17.8 Å². The van der Waals surface area contributed by atoms with E-state index in [1.165, 1.54) is 16.0 Å². The minimum absolute atomic E-state index is 0.154. The Morgan fingerprint density at radius 2 is 2.04 bits per heavy atom. The summed E-state index contributed by atoms with van der Waals surface area (Å²) >= 11 is 1.81. The number of hydrogen-bond acceptors (Lipinski definition) is 4. The number of amides is 1. The predicted molar refractivity (Wildman–Crippen MR) is 102 cm³/mol. The molecule has 4 rings (SSSR count). The van der Waals surface area contributed by atoms with Crippen molar-refractivity contribution in [3.05, 3.63) is 57.8 Å². The highest BCUT2D eigenvalue weighted by atomic mass is 32.1. The van der Waals surface area contributed by atoms with Crippen LogP contribution in [0.2, 0.25) is 0 Å². The van der Waals surface area contributed by atoms with Crippen LogP contribution in [0.3, 0.4) is 0 Å². The van der Waals surface area contributed by atoms with Gasteiger partial charge in [-0.3, -0.25) is 4.79 Å². The summed E-state index contributed by atoms with van der Waals surface area (Å²) in [6.45, 7) is 4.28. The molecule has 2 aliphatic heterocycles. The molecule has 2 atom stereocenters. The molecule has 1 amide bonds. The standard InChI is InChI=1S/C20H25N3OS/c21-18-14-22(13-17(18)15-4-2-1-3-5-15)9-7-20(24)23-10-6-19-16(12-23)8-11-25-19/h1-5,8,11,17-18H,6-7,9-10,12-14,21H2/t17-,18+/m0/s1. The zero-order valence-electron chi connectivity index (χ0n) is 14.4. The lowest BCUT2D eigenvalue weighted by Crippen LogP contribution is -2.37. The summed E-state index contributed by atoms with van der Waals surface area (Å²) < 4.78 is 0. The van der Waals surface area contributed by atoms with Gasteiger partial charge in [-0.05, 0) is 29.0 Å². The first kappa shape index (κ1) is 16.8. The minimum atomic E-state index is 0.154. The summed E-state index contributed by atoms with van der Waals surface area (Å²) in [4.78, 5) is 18.4. The second-order valence-electron chi connectivity index (χ2n) is 7.12. The summed E-state index contributed by atoms with van der Waals surface area (Å²) in [6.07, 6.45) is 1.59. The highest BCUT2D eigenvalue weighted by Crippen LogP contribution is 2.27. The number of nitrogens with two attached hydrogens (primary N) is 1. The van der Waals surface area contributed by atoms with Crippen LogP contribution in [0.4, 0.5) is 0 Å². The van der Waals surface area contributed by atoms with Gasteiger partial charge in [0.1, 0.15) is 0 Å². The van der Waals surface area contributed by atoms with Gasteiger partial charge in [-0.2, -0.15) is 0 Å². The fourth-order valence-electron chi connectivity index (χ4n) is 4.02. The zero-order valence-corrected chi connectivity index (χ0v) is 15.3. The Balaban J connectivity index is 1.30. The Morgan fingerprint density at radius 3 is 2.88 bits per heavy atom. The van der Waals surface area contributed by atoms with Gasteiger partial charge in [-0.25, -0.2) is 0 Å². The Morgan fingerprint density at radius 1 is 1.20 bits per heavy atom. The SMILES string of the molecule is N[C@@H]1CN(CCC(=O)N2CCc3sccc3C2)C[C@H]1c1ccccc1. The molecule has 0 spiro atoms. The van der Waals surface area contributed by atoms with Crippen LogP contribution >= 0.6 is 11.3 Å². The summed E-state index contributed by atoms with van der Waals surface area (Å²) in [7, 11) is 0. The largest absolute Gasteiger partial charge is 0.338 e. The first-order valence-electron chi connectivity index (χ1n) is 9.06. The molecule has 0 radical (unpaired) electrons. The molecule has 132 valence electrons. The van der Waals surface area contributed by atoms with E-state index in [2.05, 4.69) is 40.6 Å². The molecule has 0 bridgehead atoms. The van der Waals surface area contributed by atoms with Gasteiger partial charge >= 0.3 is 0 Å². The first-order valence-corrected chi connectivity index (χ1v) is 9.94. The molecular weight excluding hydrogens is 330 g/mol. The van der Waals surface area contributed by atoms with Crippen molar-refractivity contribution < 1.29 is 4.79 Å². The normalized spacial score (nSPS) is 23.6. The molecule has 1 fully saturated rings. The van der Waals surface area contributed by atoms with Crippen LogP contribution in [0, 0.1) is 0 Å². The van der Waals surface area contributed by atoms with Crippen LogP contribution in [0.5, 0.6) is 0 Å². The number of thiophene rings is 1. The fraction of sp³-hybridized carbons (Fsp3) is 0.450. The van der Waals surface area contributed by atoms with Gasteiger partial charge in [0.15, 0.2) is 0 Å². The average Bonchev–Trinajstić information content (AvgIpc) is 3.26. The summed E-state index contributed by atoms with van der Waals surface area (Å²) in [5, 5.41) is 2.13. The maximum atomic E-state index is 12.6. The Labute approximate surface area is 153 Å². The molecule has 2 aliphatic rings. The van der Waals surface area contributed by atoms with Gasteiger partial charge < -0.3 is 15.5 Å². The van der Waals surface area contributed by atoms with E-state index < -0.39 is 0 Å². The predicted octanol–water partition coefficient (Wildman–Crippen LogP) is 2.45. The third-order valence-corrected chi connectivity index (χ3v) is 6.49. The number of hydrogen-bond donors (Lipinski definition) is 1. The van der Waals surface area contributed by atoms with Crippen molar-refractivity contribution in [2.24, 2.45) is 5.73 Å². The minimum Gasteiger partial charge on any atom is -0.338 e. The van der Waals surface area contributed by atoms with E-state index in [1.807, 2.05) is 22.3 Å². The van der Waals surface area contributed by atoms with Crippen LogP contribution < -0.4 is 5.73 Å². The van der Waals surface area contributed by atoms with E-state index >= 15 is 0 Å². The van der Waals surface area contributed by atoms with E-state index in [1.54, 1.807) is 0 Å². The van der Waals surface area contributed by atoms with E-state index in [0.717, 1.165) is 39.1 Å². The van der Waals surface area contributed by atoms with Gasteiger partial charge in [0.05, 0.1) is 0 Å². The maximum absolute atomic E-state index is 12.6. The quantitative estimate of drug-likeness (QED) is 0.916. The molecule has 5 heteroatoms.